The average molecular weight is 407 g/mol. The van der Waals surface area contributed by atoms with Gasteiger partial charge in [0.05, 0.1) is 6.42 Å². The number of carboxylic acids is 1. The molecule has 1 aliphatic rings. The largest absolute Gasteiger partial charge is 0.481 e. The van der Waals surface area contributed by atoms with E-state index >= 15 is 0 Å². The first-order valence-electron chi connectivity index (χ1n) is 8.88. The number of nitrogens with one attached hydrogen (secondary N) is 1. The second kappa shape index (κ2) is 11.6. The SMILES string of the molecule is CC(C)(C)OC(=O)N1CCC(CC(=O)NCCSSCCC(=O)O)CC1. The lowest BCUT2D eigenvalue weighted by molar-refractivity contribution is -0.136. The van der Waals surface area contributed by atoms with Gasteiger partial charge in [-0.1, -0.05) is 21.6 Å². The number of ether oxygens (including phenoxy) is 1. The van der Waals surface area contributed by atoms with Crippen LogP contribution in [0.2, 0.25) is 0 Å². The van der Waals surface area contributed by atoms with Crippen LogP contribution in [0.5, 0.6) is 0 Å². The van der Waals surface area contributed by atoms with Gasteiger partial charge in [-0.25, -0.2) is 4.79 Å². The zero-order valence-electron chi connectivity index (χ0n) is 15.8. The van der Waals surface area contributed by atoms with Gasteiger partial charge in [0.2, 0.25) is 5.91 Å². The molecule has 0 aliphatic carbocycles. The van der Waals surface area contributed by atoms with E-state index in [9.17, 15) is 14.4 Å². The predicted molar refractivity (Wildman–Crippen MR) is 105 cm³/mol. The Balaban J connectivity index is 2.10. The van der Waals surface area contributed by atoms with Crippen molar-refractivity contribution in [3.05, 3.63) is 0 Å². The molecule has 0 atom stereocenters. The molecule has 0 bridgehead atoms. The Hall–Kier alpha value is -1.09. The minimum Gasteiger partial charge on any atom is -0.481 e. The molecule has 26 heavy (non-hydrogen) atoms. The molecule has 1 heterocycles. The lowest BCUT2D eigenvalue weighted by Gasteiger charge is -2.33. The van der Waals surface area contributed by atoms with Crippen LogP contribution in [0, 0.1) is 5.92 Å². The molecule has 0 saturated carbocycles. The normalized spacial score (nSPS) is 15.6. The van der Waals surface area contributed by atoms with E-state index in [0.29, 0.717) is 37.7 Å². The molecule has 1 saturated heterocycles. The summed E-state index contributed by atoms with van der Waals surface area (Å²) in [6.45, 7) is 7.40. The van der Waals surface area contributed by atoms with Gasteiger partial charge in [-0.15, -0.1) is 0 Å². The summed E-state index contributed by atoms with van der Waals surface area (Å²) in [5.74, 6) is 0.879. The van der Waals surface area contributed by atoms with E-state index in [1.165, 1.54) is 10.8 Å². The molecular weight excluding hydrogens is 376 g/mol. The fourth-order valence-corrected chi connectivity index (χ4v) is 4.35. The fraction of sp³-hybridized carbons (Fsp3) is 0.824. The van der Waals surface area contributed by atoms with Crippen molar-refractivity contribution in [2.75, 3.05) is 31.1 Å². The van der Waals surface area contributed by atoms with Gasteiger partial charge in [0.25, 0.3) is 0 Å². The minimum atomic E-state index is -0.788. The number of piperidine rings is 1. The molecule has 1 fully saturated rings. The first kappa shape index (κ1) is 23.0. The van der Waals surface area contributed by atoms with Crippen molar-refractivity contribution >= 4 is 39.6 Å². The Kier molecular flexibility index (Phi) is 10.2. The summed E-state index contributed by atoms with van der Waals surface area (Å²) in [7, 11) is 3.08. The summed E-state index contributed by atoms with van der Waals surface area (Å²) in [4.78, 5) is 36.1. The first-order chi connectivity index (χ1) is 12.2. The smallest absolute Gasteiger partial charge is 0.410 e. The van der Waals surface area contributed by atoms with Gasteiger partial charge in [0.15, 0.2) is 0 Å². The van der Waals surface area contributed by atoms with Gasteiger partial charge in [0.1, 0.15) is 5.60 Å². The average Bonchev–Trinajstić information content (AvgIpc) is 2.52. The highest BCUT2D eigenvalue weighted by Gasteiger charge is 2.27. The molecule has 0 aromatic rings. The monoisotopic (exact) mass is 406 g/mol. The summed E-state index contributed by atoms with van der Waals surface area (Å²) in [5.41, 5.74) is -0.488. The maximum atomic E-state index is 12.0. The maximum absolute atomic E-state index is 12.0. The number of rotatable bonds is 9. The van der Waals surface area contributed by atoms with Crippen LogP contribution in [0.25, 0.3) is 0 Å². The van der Waals surface area contributed by atoms with Crippen molar-refractivity contribution in [3.63, 3.8) is 0 Å². The van der Waals surface area contributed by atoms with Crippen molar-refractivity contribution in [2.24, 2.45) is 5.92 Å². The van der Waals surface area contributed by atoms with Gasteiger partial charge in [-0.3, -0.25) is 9.59 Å². The van der Waals surface area contributed by atoms with Crippen molar-refractivity contribution in [1.82, 2.24) is 10.2 Å². The summed E-state index contributed by atoms with van der Waals surface area (Å²) in [6, 6.07) is 0. The van der Waals surface area contributed by atoms with E-state index < -0.39 is 11.6 Å². The number of nitrogens with zero attached hydrogens (tertiary/aromatic N) is 1. The number of carbonyl (C=O) groups excluding carboxylic acids is 2. The molecule has 2 N–H and O–H groups in total. The molecule has 2 amide bonds. The van der Waals surface area contributed by atoms with Crippen molar-refractivity contribution in [3.8, 4) is 0 Å². The Morgan fingerprint density at radius 1 is 1.15 bits per heavy atom. The van der Waals surface area contributed by atoms with Crippen molar-refractivity contribution in [2.45, 2.75) is 52.1 Å². The van der Waals surface area contributed by atoms with Gasteiger partial charge < -0.3 is 20.1 Å². The fourth-order valence-electron chi connectivity index (χ4n) is 2.46. The topological polar surface area (TPSA) is 95.9 Å². The Morgan fingerprint density at radius 2 is 1.77 bits per heavy atom. The quantitative estimate of drug-likeness (QED) is 0.449. The van der Waals surface area contributed by atoms with Crippen LogP contribution in [-0.2, 0) is 14.3 Å². The molecule has 150 valence electrons. The second-order valence-corrected chi connectivity index (χ2v) is 9.95. The highest BCUT2D eigenvalue weighted by atomic mass is 33.1. The van der Waals surface area contributed by atoms with Gasteiger partial charge in [0, 0.05) is 37.6 Å². The van der Waals surface area contributed by atoms with E-state index in [0.717, 1.165) is 18.6 Å². The van der Waals surface area contributed by atoms with Gasteiger partial charge in [-0.05, 0) is 39.5 Å². The number of hydrogen-bond acceptors (Lipinski definition) is 6. The number of carboxylic acid groups (broad SMARTS) is 1. The first-order valence-corrected chi connectivity index (χ1v) is 11.4. The second-order valence-electron chi connectivity index (χ2n) is 7.25. The Morgan fingerprint density at radius 3 is 2.35 bits per heavy atom. The molecule has 0 unspecified atom stereocenters. The third-order valence-corrected chi connectivity index (χ3v) is 6.14. The van der Waals surface area contributed by atoms with Crippen LogP contribution in [0.4, 0.5) is 4.79 Å². The molecular formula is C17H30N2O5S2. The van der Waals surface area contributed by atoms with Crippen molar-refractivity contribution < 1.29 is 24.2 Å². The standard InChI is InChI=1S/C17H30N2O5S2/c1-17(2,3)24-16(23)19-8-4-13(5-9-19)12-14(20)18-7-11-26-25-10-6-15(21)22/h13H,4-12H2,1-3H3,(H,18,20)(H,21,22). The lowest BCUT2D eigenvalue weighted by atomic mass is 9.93. The Labute approximate surface area is 163 Å². The van der Waals surface area contributed by atoms with E-state index in [-0.39, 0.29) is 18.4 Å². The van der Waals surface area contributed by atoms with E-state index in [4.69, 9.17) is 9.84 Å². The third-order valence-electron chi connectivity index (χ3n) is 3.73. The number of carbonyl (C=O) groups is 3. The van der Waals surface area contributed by atoms with Gasteiger partial charge >= 0.3 is 12.1 Å². The lowest BCUT2D eigenvalue weighted by Crippen LogP contribution is -2.42. The van der Waals surface area contributed by atoms with Gasteiger partial charge in [-0.2, -0.15) is 0 Å². The zero-order chi connectivity index (χ0) is 19.6. The summed E-state index contributed by atoms with van der Waals surface area (Å²) >= 11 is 0. The van der Waals surface area contributed by atoms with Crippen LogP contribution in [0.3, 0.4) is 0 Å². The summed E-state index contributed by atoms with van der Waals surface area (Å²) < 4.78 is 5.37. The highest BCUT2D eigenvalue weighted by Crippen LogP contribution is 2.23. The molecule has 1 aliphatic heterocycles. The predicted octanol–water partition coefficient (Wildman–Crippen LogP) is 3.00. The highest BCUT2D eigenvalue weighted by molar-refractivity contribution is 8.76. The summed E-state index contributed by atoms with van der Waals surface area (Å²) in [6.07, 6.45) is 1.99. The molecule has 1 rings (SSSR count). The molecule has 9 heteroatoms. The van der Waals surface area contributed by atoms with Crippen LogP contribution < -0.4 is 5.32 Å². The zero-order valence-corrected chi connectivity index (χ0v) is 17.4. The maximum Gasteiger partial charge on any atom is 0.410 e. The van der Waals surface area contributed by atoms with Crippen LogP contribution in [0.1, 0.15) is 46.5 Å². The third kappa shape index (κ3) is 10.8. The molecule has 0 aromatic carbocycles. The number of likely N-dealkylation sites (tertiary alicyclic amines) is 1. The number of hydrogen-bond donors (Lipinski definition) is 2. The van der Waals surface area contributed by atoms with E-state index in [1.807, 2.05) is 20.8 Å². The molecule has 0 radical (unpaired) electrons. The summed E-state index contributed by atoms with van der Waals surface area (Å²) in [5, 5.41) is 11.4. The number of amides is 2. The molecule has 0 spiro atoms. The minimum absolute atomic E-state index is 0.0388. The van der Waals surface area contributed by atoms with Crippen LogP contribution in [0.15, 0.2) is 0 Å². The molecule has 7 nitrogen and oxygen atoms in total. The Bertz CT molecular complexity index is 474. The van der Waals surface area contributed by atoms with E-state index in [2.05, 4.69) is 5.32 Å². The molecule has 0 aromatic heterocycles. The van der Waals surface area contributed by atoms with Crippen LogP contribution in [-0.4, -0.2) is 64.7 Å². The van der Waals surface area contributed by atoms with E-state index in [1.54, 1.807) is 15.7 Å². The number of aliphatic carboxylic acids is 1. The van der Waals surface area contributed by atoms with Crippen LogP contribution >= 0.6 is 21.6 Å². The van der Waals surface area contributed by atoms with Crippen molar-refractivity contribution in [1.29, 1.82) is 0 Å².